The van der Waals surface area contributed by atoms with E-state index in [9.17, 15) is 0 Å². The summed E-state index contributed by atoms with van der Waals surface area (Å²) in [5.41, 5.74) is 2.41. The van der Waals surface area contributed by atoms with Crippen LogP contribution >= 0.6 is 0 Å². The van der Waals surface area contributed by atoms with Gasteiger partial charge in [-0.15, -0.1) is 0 Å². The highest BCUT2D eigenvalue weighted by Crippen LogP contribution is 2.49. The third-order valence-electron chi connectivity index (χ3n) is 8.05. The van der Waals surface area contributed by atoms with Gasteiger partial charge >= 0.3 is 0 Å². The van der Waals surface area contributed by atoms with Crippen LogP contribution in [-0.4, -0.2) is 55.2 Å². The molecule has 0 saturated carbocycles. The van der Waals surface area contributed by atoms with Crippen LogP contribution in [0.1, 0.15) is 31.4 Å². The van der Waals surface area contributed by atoms with Gasteiger partial charge in [-0.1, -0.05) is 31.1 Å². The highest BCUT2D eigenvalue weighted by molar-refractivity contribution is 6.02. The molecular formula is C28H33N3O4. The molecule has 2 fully saturated rings. The Kier molecular flexibility index (Phi) is 5.40. The summed E-state index contributed by atoms with van der Waals surface area (Å²) < 4.78 is 16.9. The van der Waals surface area contributed by atoms with E-state index in [0.29, 0.717) is 18.4 Å². The first kappa shape index (κ1) is 22.3. The Morgan fingerprint density at radius 3 is 2.74 bits per heavy atom. The van der Waals surface area contributed by atoms with Crippen molar-refractivity contribution in [1.82, 2.24) is 9.80 Å². The standard InChI is InChI=1S/C28H33N3O4/c1-18-11-23-17-30(14-18)15-19(2)28(23)31(16-22-7-8-24(32-3)13-25(22)33-4)27(29-35-28)21-6-5-20-9-10-34-26(20)12-21/h5-10,12-13,18-19,23H,11,14-17H2,1-4H3. The lowest BCUT2D eigenvalue weighted by Crippen LogP contribution is -2.67. The van der Waals surface area contributed by atoms with Gasteiger partial charge in [-0.2, -0.15) is 0 Å². The molecule has 1 aromatic heterocycles. The number of furan rings is 1. The topological polar surface area (TPSA) is 59.7 Å². The molecule has 5 unspecified atom stereocenters. The lowest BCUT2D eigenvalue weighted by molar-refractivity contribution is -0.218. The first-order valence-electron chi connectivity index (χ1n) is 12.5. The summed E-state index contributed by atoms with van der Waals surface area (Å²) in [7, 11) is 3.38. The van der Waals surface area contributed by atoms with Crippen molar-refractivity contribution < 1.29 is 18.7 Å². The minimum absolute atomic E-state index is 0.284. The minimum Gasteiger partial charge on any atom is -0.497 e. The summed E-state index contributed by atoms with van der Waals surface area (Å²) in [6.45, 7) is 8.47. The van der Waals surface area contributed by atoms with E-state index in [-0.39, 0.29) is 5.92 Å². The molecule has 0 radical (unpaired) electrons. The van der Waals surface area contributed by atoms with Crippen LogP contribution in [0.15, 0.2) is 58.3 Å². The number of methoxy groups -OCH3 is 2. The SMILES string of the molecule is COc1ccc(CN2C(c3ccc4ccoc4c3)=NOC23C(C)CN2CC(C)CC3C2)c(OC)c1. The van der Waals surface area contributed by atoms with Crippen molar-refractivity contribution in [2.45, 2.75) is 32.5 Å². The molecule has 184 valence electrons. The van der Waals surface area contributed by atoms with Gasteiger partial charge < -0.3 is 28.5 Å². The zero-order valence-electron chi connectivity index (χ0n) is 20.9. The average molecular weight is 476 g/mol. The number of fused-ring (bicyclic) bond motifs is 4. The summed E-state index contributed by atoms with van der Waals surface area (Å²) in [6.07, 6.45) is 2.85. The van der Waals surface area contributed by atoms with Crippen LogP contribution < -0.4 is 9.47 Å². The Hall–Kier alpha value is -3.19. The van der Waals surface area contributed by atoms with Crippen LogP contribution in [0.3, 0.4) is 0 Å². The number of rotatable bonds is 5. The molecule has 0 N–H and O–H groups in total. The van der Waals surface area contributed by atoms with Crippen molar-refractivity contribution in [3.05, 3.63) is 59.9 Å². The van der Waals surface area contributed by atoms with Crippen molar-refractivity contribution >= 4 is 16.8 Å². The first-order valence-corrected chi connectivity index (χ1v) is 12.5. The molecule has 0 aliphatic carbocycles. The molecule has 3 aromatic rings. The van der Waals surface area contributed by atoms with E-state index in [1.54, 1.807) is 20.5 Å². The zero-order chi connectivity index (χ0) is 24.2. The Labute approximate surface area is 206 Å². The third-order valence-corrected chi connectivity index (χ3v) is 8.05. The van der Waals surface area contributed by atoms with E-state index in [2.05, 4.69) is 47.9 Å². The highest BCUT2D eigenvalue weighted by atomic mass is 16.7. The number of benzene rings is 2. The van der Waals surface area contributed by atoms with Gasteiger partial charge in [0.25, 0.3) is 0 Å². The summed E-state index contributed by atoms with van der Waals surface area (Å²) in [5, 5.41) is 5.86. The van der Waals surface area contributed by atoms with E-state index in [1.807, 2.05) is 18.2 Å². The molecule has 7 nitrogen and oxygen atoms in total. The maximum atomic E-state index is 6.58. The number of ether oxygens (including phenoxy) is 2. The Balaban J connectivity index is 1.45. The predicted molar refractivity (Wildman–Crippen MR) is 135 cm³/mol. The first-order chi connectivity index (χ1) is 17.0. The number of piperidine rings is 2. The lowest BCUT2D eigenvalue weighted by atomic mass is 9.72. The van der Waals surface area contributed by atoms with Crippen molar-refractivity contribution in [1.29, 1.82) is 0 Å². The Morgan fingerprint density at radius 1 is 1.03 bits per heavy atom. The zero-order valence-corrected chi connectivity index (χ0v) is 20.9. The van der Waals surface area contributed by atoms with Gasteiger partial charge in [-0.05, 0) is 36.6 Å². The van der Waals surface area contributed by atoms with Gasteiger partial charge in [-0.3, -0.25) is 0 Å². The second-order valence-corrected chi connectivity index (χ2v) is 10.4. The molecule has 5 atom stereocenters. The summed E-state index contributed by atoms with van der Waals surface area (Å²) in [6, 6.07) is 14.3. The highest BCUT2D eigenvalue weighted by Gasteiger charge is 2.60. The molecule has 0 amide bonds. The average Bonchev–Trinajstić information content (AvgIpc) is 3.48. The normalized spacial score (nSPS) is 29.8. The van der Waals surface area contributed by atoms with Crippen LogP contribution in [0.5, 0.6) is 11.5 Å². The number of oxime groups is 1. The van der Waals surface area contributed by atoms with Crippen molar-refractivity contribution in [2.24, 2.45) is 22.9 Å². The van der Waals surface area contributed by atoms with Crippen molar-refractivity contribution in [2.75, 3.05) is 33.9 Å². The number of hydrogen-bond donors (Lipinski definition) is 0. The van der Waals surface area contributed by atoms with Gasteiger partial charge in [0.15, 0.2) is 5.84 Å². The smallest absolute Gasteiger partial charge is 0.219 e. The van der Waals surface area contributed by atoms with E-state index in [0.717, 1.165) is 65.5 Å². The largest absolute Gasteiger partial charge is 0.497 e. The minimum atomic E-state index is -0.510. The van der Waals surface area contributed by atoms with Crippen molar-refractivity contribution in [3.8, 4) is 11.5 Å². The van der Waals surface area contributed by atoms with E-state index >= 15 is 0 Å². The van der Waals surface area contributed by atoms with Crippen LogP contribution in [0.25, 0.3) is 11.0 Å². The van der Waals surface area contributed by atoms with Gasteiger partial charge in [-0.25, -0.2) is 0 Å². The summed E-state index contributed by atoms with van der Waals surface area (Å²) in [5.74, 6) is 3.69. The van der Waals surface area contributed by atoms with Crippen LogP contribution in [0.2, 0.25) is 0 Å². The number of nitrogens with zero attached hydrogens (tertiary/aromatic N) is 3. The van der Waals surface area contributed by atoms with E-state index in [1.165, 1.54) is 0 Å². The van der Waals surface area contributed by atoms with E-state index < -0.39 is 5.72 Å². The maximum absolute atomic E-state index is 6.58. The fourth-order valence-electron chi connectivity index (χ4n) is 6.52. The number of hydrogen-bond acceptors (Lipinski definition) is 7. The van der Waals surface area contributed by atoms with Gasteiger partial charge in [0, 0.05) is 54.0 Å². The predicted octanol–water partition coefficient (Wildman–Crippen LogP) is 4.95. The molecule has 3 aliphatic rings. The van der Waals surface area contributed by atoms with Crippen LogP contribution in [0.4, 0.5) is 0 Å². The molecule has 2 bridgehead atoms. The molecule has 1 spiro atoms. The van der Waals surface area contributed by atoms with Crippen molar-refractivity contribution in [3.63, 3.8) is 0 Å². The Bertz CT molecular complexity index is 1270. The fourth-order valence-corrected chi connectivity index (χ4v) is 6.52. The second-order valence-electron chi connectivity index (χ2n) is 10.4. The van der Waals surface area contributed by atoms with Gasteiger partial charge in [0.2, 0.25) is 5.72 Å². The second kappa shape index (κ2) is 8.48. The van der Waals surface area contributed by atoms with Gasteiger partial charge in [0.05, 0.1) is 27.0 Å². The lowest BCUT2D eigenvalue weighted by Gasteiger charge is -2.55. The molecule has 2 saturated heterocycles. The molecule has 3 aliphatic heterocycles. The fraction of sp³-hybridized carbons (Fsp3) is 0.464. The van der Waals surface area contributed by atoms with Crippen LogP contribution in [0, 0.1) is 17.8 Å². The maximum Gasteiger partial charge on any atom is 0.219 e. The summed E-state index contributed by atoms with van der Waals surface area (Å²) in [4.78, 5) is 11.6. The molecule has 2 aromatic carbocycles. The number of amidine groups is 1. The molecule has 6 rings (SSSR count). The Morgan fingerprint density at radius 2 is 1.91 bits per heavy atom. The quantitative estimate of drug-likeness (QED) is 0.521. The third kappa shape index (κ3) is 3.56. The molecule has 4 heterocycles. The molecule has 7 heteroatoms. The van der Waals surface area contributed by atoms with Crippen LogP contribution in [-0.2, 0) is 11.4 Å². The summed E-state index contributed by atoms with van der Waals surface area (Å²) >= 11 is 0. The monoisotopic (exact) mass is 475 g/mol. The van der Waals surface area contributed by atoms with Gasteiger partial charge in [0.1, 0.15) is 17.1 Å². The molecule has 35 heavy (non-hydrogen) atoms. The van der Waals surface area contributed by atoms with E-state index in [4.69, 9.17) is 23.9 Å². The molecular weight excluding hydrogens is 442 g/mol.